The molecule has 0 spiro atoms. The number of piperidine rings is 1. The zero-order valence-corrected chi connectivity index (χ0v) is 17.6. The highest BCUT2D eigenvalue weighted by Crippen LogP contribution is 2.32. The van der Waals surface area contributed by atoms with Crippen LogP contribution in [-0.2, 0) is 4.79 Å². The normalized spacial score (nSPS) is 15.2. The summed E-state index contributed by atoms with van der Waals surface area (Å²) >= 11 is 7.65. The summed E-state index contributed by atoms with van der Waals surface area (Å²) in [4.78, 5) is 18.8. The third kappa shape index (κ3) is 4.71. The number of carbonyl (C=O) groups excluding carboxylic acids is 1. The van der Waals surface area contributed by atoms with Crippen LogP contribution in [0.2, 0.25) is 5.02 Å². The first-order valence-electron chi connectivity index (χ1n) is 9.45. The standard InChI is InChI=1S/C22H21ClN2O3S/c1-27-17-7-8-19-20(14-17)29-22(24-19)28-16-10-12-25(13-11-16)21(26)9-6-15-4-2-3-5-18(15)23/h2-9,14,16H,10-13H2,1H3/b9-6+. The molecule has 0 bridgehead atoms. The zero-order chi connectivity index (χ0) is 20.2. The highest BCUT2D eigenvalue weighted by Gasteiger charge is 2.23. The van der Waals surface area contributed by atoms with Gasteiger partial charge in [-0.25, -0.2) is 4.98 Å². The van der Waals surface area contributed by atoms with Gasteiger partial charge in [-0.15, -0.1) is 0 Å². The average molecular weight is 429 g/mol. The van der Waals surface area contributed by atoms with Crippen molar-refractivity contribution in [1.82, 2.24) is 9.88 Å². The summed E-state index contributed by atoms with van der Waals surface area (Å²) in [5.74, 6) is 0.805. The Labute approximate surface area is 178 Å². The number of hydrogen-bond acceptors (Lipinski definition) is 5. The molecule has 4 rings (SSSR count). The molecular weight excluding hydrogens is 408 g/mol. The molecule has 150 valence electrons. The lowest BCUT2D eigenvalue weighted by atomic mass is 10.1. The van der Waals surface area contributed by atoms with E-state index in [0.29, 0.717) is 23.3 Å². The summed E-state index contributed by atoms with van der Waals surface area (Å²) in [7, 11) is 1.65. The van der Waals surface area contributed by atoms with Gasteiger partial charge in [-0.05, 0) is 35.9 Å². The van der Waals surface area contributed by atoms with Crippen molar-refractivity contribution in [2.45, 2.75) is 18.9 Å². The van der Waals surface area contributed by atoms with Crippen LogP contribution in [0.25, 0.3) is 16.3 Å². The van der Waals surface area contributed by atoms with Crippen LogP contribution >= 0.6 is 22.9 Å². The highest BCUT2D eigenvalue weighted by atomic mass is 35.5. The molecule has 0 atom stereocenters. The maximum Gasteiger partial charge on any atom is 0.274 e. The van der Waals surface area contributed by atoms with Crippen molar-refractivity contribution in [2.24, 2.45) is 0 Å². The Morgan fingerprint density at radius 2 is 2.03 bits per heavy atom. The molecule has 7 heteroatoms. The van der Waals surface area contributed by atoms with Crippen molar-refractivity contribution in [3.05, 3.63) is 59.1 Å². The van der Waals surface area contributed by atoms with Crippen molar-refractivity contribution in [3.8, 4) is 10.9 Å². The largest absolute Gasteiger partial charge is 0.497 e. The molecular formula is C22H21ClN2O3S. The second-order valence-corrected chi connectivity index (χ2v) is 8.21. The van der Waals surface area contributed by atoms with Crippen LogP contribution < -0.4 is 9.47 Å². The van der Waals surface area contributed by atoms with E-state index in [1.54, 1.807) is 19.3 Å². The maximum atomic E-state index is 12.5. The minimum Gasteiger partial charge on any atom is -0.497 e. The number of aromatic nitrogens is 1. The number of likely N-dealkylation sites (tertiary alicyclic amines) is 1. The summed E-state index contributed by atoms with van der Waals surface area (Å²) in [6, 6.07) is 13.3. The molecule has 29 heavy (non-hydrogen) atoms. The molecule has 1 amide bonds. The number of carbonyl (C=O) groups is 1. The summed E-state index contributed by atoms with van der Waals surface area (Å²) < 4.78 is 12.4. The van der Waals surface area contributed by atoms with Crippen LogP contribution in [0, 0.1) is 0 Å². The van der Waals surface area contributed by atoms with E-state index in [9.17, 15) is 4.79 Å². The van der Waals surface area contributed by atoms with E-state index in [0.717, 1.165) is 34.4 Å². The van der Waals surface area contributed by atoms with Gasteiger partial charge in [0, 0.05) is 37.0 Å². The summed E-state index contributed by atoms with van der Waals surface area (Å²) in [6.07, 6.45) is 4.98. The molecule has 2 aromatic carbocycles. The maximum absolute atomic E-state index is 12.5. The van der Waals surface area contributed by atoms with Crippen molar-refractivity contribution in [1.29, 1.82) is 0 Å². The predicted octanol–water partition coefficient (Wildman–Crippen LogP) is 5.04. The number of ether oxygens (including phenoxy) is 2. The van der Waals surface area contributed by atoms with Crippen LogP contribution in [0.1, 0.15) is 18.4 Å². The van der Waals surface area contributed by atoms with E-state index in [2.05, 4.69) is 4.98 Å². The Balaban J connectivity index is 1.32. The Kier molecular flexibility index (Phi) is 6.02. The van der Waals surface area contributed by atoms with Crippen LogP contribution in [-0.4, -0.2) is 42.1 Å². The van der Waals surface area contributed by atoms with E-state index in [1.807, 2.05) is 47.4 Å². The molecule has 0 N–H and O–H groups in total. The molecule has 0 radical (unpaired) electrons. The van der Waals surface area contributed by atoms with Gasteiger partial charge in [0.05, 0.1) is 17.3 Å². The number of methoxy groups -OCH3 is 1. The van der Waals surface area contributed by atoms with Crippen molar-refractivity contribution in [2.75, 3.05) is 20.2 Å². The summed E-state index contributed by atoms with van der Waals surface area (Å²) in [5, 5.41) is 1.30. The number of halogens is 1. The molecule has 1 aromatic heterocycles. The molecule has 0 aliphatic carbocycles. The van der Waals surface area contributed by atoms with Crippen LogP contribution in [0.15, 0.2) is 48.5 Å². The number of benzene rings is 2. The lowest BCUT2D eigenvalue weighted by Crippen LogP contribution is -2.41. The van der Waals surface area contributed by atoms with Gasteiger partial charge in [-0.1, -0.05) is 41.1 Å². The summed E-state index contributed by atoms with van der Waals surface area (Å²) in [6.45, 7) is 1.32. The lowest BCUT2D eigenvalue weighted by Gasteiger charge is -2.30. The monoisotopic (exact) mass is 428 g/mol. The Bertz CT molecular complexity index is 1040. The SMILES string of the molecule is COc1ccc2nc(OC3CCN(C(=O)/C=C/c4ccccc4Cl)CC3)sc2c1. The minimum atomic E-state index is -0.00421. The van der Waals surface area contributed by atoms with Crippen LogP contribution in [0.4, 0.5) is 0 Å². The molecule has 1 aliphatic rings. The summed E-state index contributed by atoms with van der Waals surface area (Å²) in [5.41, 5.74) is 1.75. The fraction of sp³-hybridized carbons (Fsp3) is 0.273. The molecule has 1 fully saturated rings. The first-order valence-corrected chi connectivity index (χ1v) is 10.6. The molecule has 0 saturated carbocycles. The molecule has 0 unspecified atom stereocenters. The highest BCUT2D eigenvalue weighted by molar-refractivity contribution is 7.20. The molecule has 2 heterocycles. The van der Waals surface area contributed by atoms with Crippen LogP contribution in [0.3, 0.4) is 0 Å². The second kappa shape index (κ2) is 8.84. The number of thiazole rings is 1. The number of hydrogen-bond donors (Lipinski definition) is 0. The lowest BCUT2D eigenvalue weighted by molar-refractivity contribution is -0.127. The van der Waals surface area contributed by atoms with Gasteiger partial charge < -0.3 is 14.4 Å². The number of amides is 1. The fourth-order valence-corrected chi connectivity index (χ4v) is 4.38. The average Bonchev–Trinajstić information content (AvgIpc) is 3.14. The van der Waals surface area contributed by atoms with E-state index < -0.39 is 0 Å². The van der Waals surface area contributed by atoms with Gasteiger partial charge in [0.15, 0.2) is 0 Å². The van der Waals surface area contributed by atoms with Gasteiger partial charge in [-0.3, -0.25) is 4.79 Å². The van der Waals surface area contributed by atoms with Gasteiger partial charge in [0.25, 0.3) is 5.19 Å². The zero-order valence-electron chi connectivity index (χ0n) is 16.0. The van der Waals surface area contributed by atoms with Crippen molar-refractivity contribution < 1.29 is 14.3 Å². The Morgan fingerprint density at radius 3 is 2.79 bits per heavy atom. The quantitative estimate of drug-likeness (QED) is 0.534. The van der Waals surface area contributed by atoms with Crippen molar-refractivity contribution >= 4 is 45.1 Å². The van der Waals surface area contributed by atoms with Crippen LogP contribution in [0.5, 0.6) is 10.9 Å². The van der Waals surface area contributed by atoms with Gasteiger partial charge in [0.1, 0.15) is 11.9 Å². The van der Waals surface area contributed by atoms with Gasteiger partial charge in [0.2, 0.25) is 5.91 Å². The van der Waals surface area contributed by atoms with E-state index in [4.69, 9.17) is 21.1 Å². The Hall–Kier alpha value is -2.57. The van der Waals surface area contributed by atoms with Gasteiger partial charge >= 0.3 is 0 Å². The van der Waals surface area contributed by atoms with E-state index in [-0.39, 0.29) is 12.0 Å². The first kappa shape index (κ1) is 19.7. The smallest absolute Gasteiger partial charge is 0.274 e. The molecule has 3 aromatic rings. The van der Waals surface area contributed by atoms with Crippen molar-refractivity contribution in [3.63, 3.8) is 0 Å². The van der Waals surface area contributed by atoms with Gasteiger partial charge in [-0.2, -0.15) is 0 Å². The minimum absolute atomic E-state index is 0.00421. The second-order valence-electron chi connectivity index (χ2n) is 6.81. The predicted molar refractivity (Wildman–Crippen MR) is 117 cm³/mol. The fourth-order valence-electron chi connectivity index (χ4n) is 3.27. The van der Waals surface area contributed by atoms with E-state index >= 15 is 0 Å². The number of nitrogens with zero attached hydrogens (tertiary/aromatic N) is 2. The van der Waals surface area contributed by atoms with E-state index in [1.165, 1.54) is 11.3 Å². The first-order chi connectivity index (χ1) is 14.1. The Morgan fingerprint density at radius 1 is 1.24 bits per heavy atom. The molecule has 1 aliphatic heterocycles. The third-order valence-corrected chi connectivity index (χ3v) is 6.16. The molecule has 1 saturated heterocycles. The number of fused-ring (bicyclic) bond motifs is 1. The number of rotatable bonds is 5. The third-order valence-electron chi connectivity index (χ3n) is 4.91. The topological polar surface area (TPSA) is 51.7 Å². The molecule has 5 nitrogen and oxygen atoms in total.